The molecule has 1 fully saturated rings. The van der Waals surface area contributed by atoms with E-state index in [-0.39, 0.29) is 5.84 Å². The smallest absolute Gasteiger partial charge is 0.170 e. The second-order valence-corrected chi connectivity index (χ2v) is 5.98. The zero-order chi connectivity index (χ0) is 15.1. The lowest BCUT2D eigenvalue weighted by Crippen LogP contribution is -2.36. The third-order valence-electron chi connectivity index (χ3n) is 4.58. The second kappa shape index (κ2) is 8.03. The maximum atomic E-state index is 8.66. The van der Waals surface area contributed by atoms with Gasteiger partial charge in [0.05, 0.1) is 0 Å². The van der Waals surface area contributed by atoms with Crippen molar-refractivity contribution in [3.63, 3.8) is 0 Å². The highest BCUT2D eigenvalue weighted by atomic mass is 16.4. The van der Waals surface area contributed by atoms with Gasteiger partial charge in [0.1, 0.15) is 0 Å². The Bertz CT molecular complexity index is 450. The summed E-state index contributed by atoms with van der Waals surface area (Å²) in [6.07, 6.45) is 8.10. The van der Waals surface area contributed by atoms with Crippen LogP contribution in [-0.4, -0.2) is 17.1 Å². The number of nitrogens with zero attached hydrogens (tertiary/aromatic N) is 1. The molecule has 2 rings (SSSR count). The molecule has 1 atom stereocenters. The normalized spacial score (nSPS) is 18.6. The van der Waals surface area contributed by atoms with E-state index < -0.39 is 0 Å². The van der Waals surface area contributed by atoms with Crippen LogP contribution in [0.4, 0.5) is 0 Å². The van der Waals surface area contributed by atoms with Gasteiger partial charge in [-0.2, -0.15) is 0 Å². The van der Waals surface area contributed by atoms with Crippen LogP contribution in [-0.2, 0) is 6.54 Å². The van der Waals surface area contributed by atoms with Gasteiger partial charge in [0.2, 0.25) is 0 Å². The van der Waals surface area contributed by atoms with E-state index in [2.05, 4.69) is 17.4 Å². The Morgan fingerprint density at radius 2 is 1.95 bits per heavy atom. The number of oxime groups is 1. The number of rotatable bonds is 6. The largest absolute Gasteiger partial charge is 0.409 e. The van der Waals surface area contributed by atoms with E-state index in [1.165, 1.54) is 44.1 Å². The minimum atomic E-state index is 0.156. The Hall–Kier alpha value is -1.55. The molecule has 4 heteroatoms. The molecule has 0 aromatic heterocycles. The van der Waals surface area contributed by atoms with Crippen LogP contribution in [0.1, 0.15) is 56.6 Å². The van der Waals surface area contributed by atoms with Gasteiger partial charge < -0.3 is 16.3 Å². The monoisotopic (exact) mass is 289 g/mol. The predicted molar refractivity (Wildman–Crippen MR) is 86.4 cm³/mol. The topological polar surface area (TPSA) is 70.6 Å². The molecule has 0 amide bonds. The molecule has 0 heterocycles. The highest BCUT2D eigenvalue weighted by Gasteiger charge is 2.21. The average Bonchev–Trinajstić information content (AvgIpc) is 2.56. The molecule has 0 radical (unpaired) electrons. The summed E-state index contributed by atoms with van der Waals surface area (Å²) in [6, 6.07) is 8.48. The first-order valence-electron chi connectivity index (χ1n) is 8.04. The fourth-order valence-corrected chi connectivity index (χ4v) is 3.28. The molecular weight excluding hydrogens is 262 g/mol. The molecule has 1 aliphatic rings. The Morgan fingerprint density at radius 3 is 2.52 bits per heavy atom. The van der Waals surface area contributed by atoms with Gasteiger partial charge in [-0.1, -0.05) is 55.6 Å². The first-order chi connectivity index (χ1) is 10.2. The van der Waals surface area contributed by atoms with Crippen LogP contribution < -0.4 is 11.1 Å². The van der Waals surface area contributed by atoms with Gasteiger partial charge >= 0.3 is 0 Å². The van der Waals surface area contributed by atoms with Crippen molar-refractivity contribution < 1.29 is 5.21 Å². The van der Waals surface area contributed by atoms with Crippen LogP contribution in [0.2, 0.25) is 0 Å². The highest BCUT2D eigenvalue weighted by molar-refractivity contribution is 5.96. The zero-order valence-electron chi connectivity index (χ0n) is 12.9. The summed E-state index contributed by atoms with van der Waals surface area (Å²) < 4.78 is 0. The van der Waals surface area contributed by atoms with Gasteiger partial charge in [-0.25, -0.2) is 0 Å². The number of hydrogen-bond donors (Lipinski definition) is 3. The molecular formula is C17H27N3O. The van der Waals surface area contributed by atoms with Gasteiger partial charge in [0.15, 0.2) is 5.84 Å². The number of hydrogen-bond acceptors (Lipinski definition) is 3. The standard InChI is InChI=1S/C17H27N3O/c1-2-16(14-6-4-3-5-7-14)19-12-13-8-10-15(11-9-13)17(18)20-21/h8-11,14,16,19,21H,2-7,12H2,1H3,(H2,18,20). The predicted octanol–water partition coefficient (Wildman–Crippen LogP) is 3.23. The lowest BCUT2D eigenvalue weighted by atomic mass is 9.83. The second-order valence-electron chi connectivity index (χ2n) is 5.98. The van der Waals surface area contributed by atoms with Crippen LogP contribution in [0.15, 0.2) is 29.4 Å². The maximum Gasteiger partial charge on any atom is 0.170 e. The quantitative estimate of drug-likeness (QED) is 0.326. The summed E-state index contributed by atoms with van der Waals surface area (Å²) in [5.74, 6) is 0.989. The number of amidine groups is 1. The Labute approximate surface area is 127 Å². The van der Waals surface area contributed by atoms with E-state index in [1.54, 1.807) is 0 Å². The SMILES string of the molecule is CCC(NCc1ccc(C(N)=NO)cc1)C1CCCCC1. The summed E-state index contributed by atoms with van der Waals surface area (Å²) >= 11 is 0. The minimum Gasteiger partial charge on any atom is -0.409 e. The van der Waals surface area contributed by atoms with Crippen molar-refractivity contribution in [2.24, 2.45) is 16.8 Å². The average molecular weight is 289 g/mol. The van der Waals surface area contributed by atoms with Gasteiger partial charge in [0, 0.05) is 18.2 Å². The van der Waals surface area contributed by atoms with Crippen LogP contribution in [0, 0.1) is 5.92 Å². The van der Waals surface area contributed by atoms with Crippen LogP contribution in [0.5, 0.6) is 0 Å². The van der Waals surface area contributed by atoms with Crippen molar-refractivity contribution in [1.29, 1.82) is 0 Å². The van der Waals surface area contributed by atoms with Crippen LogP contribution in [0.3, 0.4) is 0 Å². The van der Waals surface area contributed by atoms with E-state index in [1.807, 2.05) is 24.3 Å². The van der Waals surface area contributed by atoms with Crippen LogP contribution in [0.25, 0.3) is 0 Å². The van der Waals surface area contributed by atoms with Crippen molar-refractivity contribution in [1.82, 2.24) is 5.32 Å². The molecule has 0 aliphatic heterocycles. The van der Waals surface area contributed by atoms with E-state index in [9.17, 15) is 0 Å². The molecule has 0 bridgehead atoms. The van der Waals surface area contributed by atoms with Crippen molar-refractivity contribution in [2.45, 2.75) is 58.0 Å². The zero-order valence-corrected chi connectivity index (χ0v) is 12.9. The first kappa shape index (κ1) is 15.8. The van der Waals surface area contributed by atoms with E-state index >= 15 is 0 Å². The van der Waals surface area contributed by atoms with E-state index in [0.717, 1.165) is 18.0 Å². The Kier molecular flexibility index (Phi) is 6.05. The molecule has 1 aromatic carbocycles. The number of nitrogens with two attached hydrogens (primary N) is 1. The summed E-state index contributed by atoms with van der Waals surface area (Å²) in [6.45, 7) is 3.15. The summed E-state index contributed by atoms with van der Waals surface area (Å²) in [5, 5.41) is 15.4. The van der Waals surface area contributed by atoms with Crippen LogP contribution >= 0.6 is 0 Å². The number of nitrogens with one attached hydrogen (secondary N) is 1. The first-order valence-corrected chi connectivity index (χ1v) is 8.04. The Balaban J connectivity index is 1.88. The van der Waals surface area contributed by atoms with Crippen molar-refractivity contribution >= 4 is 5.84 Å². The summed E-state index contributed by atoms with van der Waals surface area (Å²) in [5.41, 5.74) is 7.56. The van der Waals surface area contributed by atoms with Crippen molar-refractivity contribution in [3.8, 4) is 0 Å². The minimum absolute atomic E-state index is 0.156. The van der Waals surface area contributed by atoms with E-state index in [0.29, 0.717) is 6.04 Å². The fraction of sp³-hybridized carbons (Fsp3) is 0.588. The molecule has 0 spiro atoms. The third-order valence-corrected chi connectivity index (χ3v) is 4.58. The third kappa shape index (κ3) is 4.46. The molecule has 1 unspecified atom stereocenters. The lowest BCUT2D eigenvalue weighted by Gasteiger charge is -2.30. The van der Waals surface area contributed by atoms with Crippen molar-refractivity contribution in [2.75, 3.05) is 0 Å². The van der Waals surface area contributed by atoms with Gasteiger partial charge in [-0.05, 0) is 30.7 Å². The molecule has 1 aromatic rings. The molecule has 0 saturated heterocycles. The summed E-state index contributed by atoms with van der Waals surface area (Å²) in [7, 11) is 0. The number of benzene rings is 1. The lowest BCUT2D eigenvalue weighted by molar-refractivity contribution is 0.262. The van der Waals surface area contributed by atoms with E-state index in [4.69, 9.17) is 10.9 Å². The molecule has 1 aliphatic carbocycles. The van der Waals surface area contributed by atoms with Crippen molar-refractivity contribution in [3.05, 3.63) is 35.4 Å². The van der Waals surface area contributed by atoms with Gasteiger partial charge in [-0.15, -0.1) is 0 Å². The molecule has 4 N–H and O–H groups in total. The molecule has 116 valence electrons. The molecule has 21 heavy (non-hydrogen) atoms. The highest BCUT2D eigenvalue weighted by Crippen LogP contribution is 2.27. The van der Waals surface area contributed by atoms with Gasteiger partial charge in [-0.3, -0.25) is 0 Å². The molecule has 1 saturated carbocycles. The maximum absolute atomic E-state index is 8.66. The van der Waals surface area contributed by atoms with Gasteiger partial charge in [0.25, 0.3) is 0 Å². The summed E-state index contributed by atoms with van der Waals surface area (Å²) in [4.78, 5) is 0. The Morgan fingerprint density at radius 1 is 1.29 bits per heavy atom. The fourth-order valence-electron chi connectivity index (χ4n) is 3.28. The molecule has 4 nitrogen and oxygen atoms in total.